The van der Waals surface area contributed by atoms with Gasteiger partial charge in [-0.05, 0) is 36.4 Å². The second kappa shape index (κ2) is 8.26. The zero-order chi connectivity index (χ0) is 16.7. The Morgan fingerprint density at radius 1 is 1.22 bits per heavy atom. The van der Waals surface area contributed by atoms with Gasteiger partial charge in [-0.2, -0.15) is 0 Å². The van der Waals surface area contributed by atoms with Crippen LogP contribution in [-0.4, -0.2) is 37.4 Å². The fraction of sp³-hybridized carbons (Fsp3) is 0.235. The van der Waals surface area contributed by atoms with Gasteiger partial charge in [0.05, 0.1) is 19.3 Å². The molecule has 2 rings (SSSR count). The molecule has 6 heteroatoms. The van der Waals surface area contributed by atoms with E-state index in [9.17, 15) is 9.18 Å². The number of aliphatic hydroxyl groups is 1. The number of hydrogen-bond acceptors (Lipinski definition) is 4. The number of benzene rings is 2. The normalized spacial score (nSPS) is 11.8. The van der Waals surface area contributed by atoms with E-state index >= 15 is 0 Å². The van der Waals surface area contributed by atoms with Crippen LogP contribution in [-0.2, 0) is 4.74 Å². The van der Waals surface area contributed by atoms with Crippen molar-refractivity contribution >= 4 is 5.91 Å². The molecular formula is C17H18FNO4. The molecule has 0 radical (unpaired) electrons. The molecular weight excluding hydrogens is 301 g/mol. The molecule has 122 valence electrons. The Hall–Kier alpha value is -2.44. The van der Waals surface area contributed by atoms with E-state index < -0.39 is 6.04 Å². The molecule has 1 amide bonds. The highest BCUT2D eigenvalue weighted by Crippen LogP contribution is 2.22. The van der Waals surface area contributed by atoms with Gasteiger partial charge >= 0.3 is 0 Å². The van der Waals surface area contributed by atoms with Crippen LogP contribution in [0.3, 0.4) is 0 Å². The van der Waals surface area contributed by atoms with E-state index in [4.69, 9.17) is 14.6 Å². The number of rotatable bonds is 7. The monoisotopic (exact) mass is 319 g/mol. The fourth-order valence-corrected chi connectivity index (χ4v) is 1.95. The molecule has 0 aliphatic carbocycles. The maximum Gasteiger partial charge on any atom is 0.251 e. The van der Waals surface area contributed by atoms with Crippen molar-refractivity contribution in [1.82, 2.24) is 5.32 Å². The minimum atomic E-state index is -0.462. The van der Waals surface area contributed by atoms with E-state index in [1.165, 1.54) is 19.2 Å². The number of halogens is 1. The van der Waals surface area contributed by atoms with Crippen LogP contribution >= 0.6 is 0 Å². The van der Waals surface area contributed by atoms with E-state index in [-0.39, 0.29) is 24.9 Å². The lowest BCUT2D eigenvalue weighted by atomic mass is 10.2. The zero-order valence-electron chi connectivity index (χ0n) is 12.7. The van der Waals surface area contributed by atoms with Gasteiger partial charge in [0, 0.05) is 18.7 Å². The fourth-order valence-electron chi connectivity index (χ4n) is 1.95. The summed E-state index contributed by atoms with van der Waals surface area (Å²) in [5.74, 6) is 0.162. The molecule has 0 saturated carbocycles. The summed E-state index contributed by atoms with van der Waals surface area (Å²) in [7, 11) is 1.49. The Morgan fingerprint density at radius 3 is 2.57 bits per heavy atom. The number of nitrogens with one attached hydrogen (secondary N) is 1. The Labute approximate surface area is 133 Å². The second-order valence-electron chi connectivity index (χ2n) is 4.89. The van der Waals surface area contributed by atoms with Crippen molar-refractivity contribution in [3.63, 3.8) is 0 Å². The molecule has 23 heavy (non-hydrogen) atoms. The Kier molecular flexibility index (Phi) is 6.08. The van der Waals surface area contributed by atoms with Gasteiger partial charge in [0.15, 0.2) is 0 Å². The molecule has 0 unspecified atom stereocenters. The summed E-state index contributed by atoms with van der Waals surface area (Å²) in [6.07, 6.45) is 0. The molecule has 2 N–H and O–H groups in total. The largest absolute Gasteiger partial charge is 0.457 e. The van der Waals surface area contributed by atoms with E-state index in [1.807, 2.05) is 0 Å². The zero-order valence-corrected chi connectivity index (χ0v) is 12.7. The minimum Gasteiger partial charge on any atom is -0.457 e. The van der Waals surface area contributed by atoms with Gasteiger partial charge in [-0.25, -0.2) is 4.39 Å². The van der Waals surface area contributed by atoms with Gasteiger partial charge in [-0.15, -0.1) is 0 Å². The molecule has 0 bridgehead atoms. The Balaban J connectivity index is 2.00. The number of ether oxygens (including phenoxy) is 2. The van der Waals surface area contributed by atoms with Gasteiger partial charge in [0.1, 0.15) is 17.3 Å². The molecule has 0 spiro atoms. The quantitative estimate of drug-likeness (QED) is 0.822. The first kappa shape index (κ1) is 16.9. The number of methoxy groups -OCH3 is 1. The van der Waals surface area contributed by atoms with Crippen molar-refractivity contribution in [2.24, 2.45) is 0 Å². The minimum absolute atomic E-state index is 0.208. The molecule has 0 heterocycles. The summed E-state index contributed by atoms with van der Waals surface area (Å²) >= 11 is 0. The van der Waals surface area contributed by atoms with E-state index in [0.717, 1.165) is 0 Å². The number of amides is 1. The predicted octanol–water partition coefficient (Wildman–Crippen LogP) is 2.36. The van der Waals surface area contributed by atoms with E-state index in [0.29, 0.717) is 17.1 Å². The summed E-state index contributed by atoms with van der Waals surface area (Å²) in [5, 5.41) is 11.8. The van der Waals surface area contributed by atoms with Gasteiger partial charge in [-0.1, -0.05) is 6.07 Å². The number of carbonyl (C=O) groups excluding carboxylic acids is 1. The molecule has 0 aliphatic heterocycles. The maximum absolute atomic E-state index is 13.1. The standard InChI is InChI=1S/C17H18FNO4/c1-22-11-14(10-20)19-17(21)12-5-7-15(8-6-12)23-16-4-2-3-13(18)9-16/h2-9,14,20H,10-11H2,1H3,(H,19,21)/t14-/m0/s1. The van der Waals surface area contributed by atoms with E-state index in [2.05, 4.69) is 5.32 Å². The SMILES string of the molecule is COC[C@H](CO)NC(=O)c1ccc(Oc2cccc(F)c2)cc1. The third kappa shape index (κ3) is 5.05. The van der Waals surface area contributed by atoms with Crippen LogP contribution in [0.25, 0.3) is 0 Å². The Morgan fingerprint density at radius 2 is 1.96 bits per heavy atom. The topological polar surface area (TPSA) is 67.8 Å². The maximum atomic E-state index is 13.1. The van der Waals surface area contributed by atoms with Crippen LogP contribution in [0.2, 0.25) is 0 Å². The second-order valence-corrected chi connectivity index (χ2v) is 4.89. The summed E-state index contributed by atoms with van der Waals surface area (Å²) in [5.41, 5.74) is 0.422. The molecule has 0 fully saturated rings. The molecule has 0 aliphatic rings. The smallest absolute Gasteiger partial charge is 0.251 e. The molecule has 2 aromatic rings. The number of aliphatic hydroxyl groups excluding tert-OH is 1. The van der Waals surface area contributed by atoms with Crippen molar-refractivity contribution in [3.8, 4) is 11.5 Å². The summed E-state index contributed by atoms with van der Waals surface area (Å²) in [4.78, 5) is 12.0. The molecule has 0 aromatic heterocycles. The summed E-state index contributed by atoms with van der Waals surface area (Å²) < 4.78 is 23.5. The van der Waals surface area contributed by atoms with Crippen molar-refractivity contribution < 1.29 is 23.8 Å². The lowest BCUT2D eigenvalue weighted by Crippen LogP contribution is -2.40. The first-order chi connectivity index (χ1) is 11.1. The van der Waals surface area contributed by atoms with Crippen LogP contribution < -0.4 is 10.1 Å². The predicted molar refractivity (Wildman–Crippen MR) is 83.1 cm³/mol. The van der Waals surface area contributed by atoms with E-state index in [1.54, 1.807) is 36.4 Å². The highest BCUT2D eigenvalue weighted by Gasteiger charge is 2.12. The lowest BCUT2D eigenvalue weighted by Gasteiger charge is -2.15. The summed E-state index contributed by atoms with van der Waals surface area (Å²) in [6, 6.07) is 11.7. The van der Waals surface area contributed by atoms with Crippen molar-refractivity contribution in [3.05, 3.63) is 59.9 Å². The van der Waals surface area contributed by atoms with Crippen molar-refractivity contribution in [2.75, 3.05) is 20.3 Å². The number of carbonyl (C=O) groups is 1. The molecule has 5 nitrogen and oxygen atoms in total. The van der Waals surface area contributed by atoms with Crippen LogP contribution in [0.5, 0.6) is 11.5 Å². The van der Waals surface area contributed by atoms with Gasteiger partial charge in [-0.3, -0.25) is 4.79 Å². The van der Waals surface area contributed by atoms with Crippen LogP contribution in [0, 0.1) is 5.82 Å². The molecule has 0 saturated heterocycles. The average Bonchev–Trinajstić information content (AvgIpc) is 2.55. The van der Waals surface area contributed by atoms with Crippen LogP contribution in [0.4, 0.5) is 4.39 Å². The van der Waals surface area contributed by atoms with Gasteiger partial charge < -0.3 is 19.9 Å². The lowest BCUT2D eigenvalue weighted by molar-refractivity contribution is 0.0839. The van der Waals surface area contributed by atoms with Crippen LogP contribution in [0.15, 0.2) is 48.5 Å². The third-order valence-electron chi connectivity index (χ3n) is 3.07. The van der Waals surface area contributed by atoms with Gasteiger partial charge in [0.25, 0.3) is 5.91 Å². The highest BCUT2D eigenvalue weighted by molar-refractivity contribution is 5.94. The van der Waals surface area contributed by atoms with Gasteiger partial charge in [0.2, 0.25) is 0 Å². The molecule has 1 atom stereocenters. The van der Waals surface area contributed by atoms with Crippen LogP contribution in [0.1, 0.15) is 10.4 Å². The Bertz CT molecular complexity index is 645. The first-order valence-electron chi connectivity index (χ1n) is 7.06. The van der Waals surface area contributed by atoms with Crippen molar-refractivity contribution in [2.45, 2.75) is 6.04 Å². The molecule has 2 aromatic carbocycles. The average molecular weight is 319 g/mol. The summed E-state index contributed by atoms with van der Waals surface area (Å²) in [6.45, 7) is 0.0172. The first-order valence-corrected chi connectivity index (χ1v) is 7.06. The number of hydrogen-bond donors (Lipinski definition) is 2. The highest BCUT2D eigenvalue weighted by atomic mass is 19.1. The third-order valence-corrected chi connectivity index (χ3v) is 3.07. The van der Waals surface area contributed by atoms with Crippen molar-refractivity contribution in [1.29, 1.82) is 0 Å².